The van der Waals surface area contributed by atoms with Crippen LogP contribution in [0.1, 0.15) is 24.0 Å². The van der Waals surface area contributed by atoms with Gasteiger partial charge in [0.05, 0.1) is 23.3 Å². The molecular formula is C23H22F6N4O2. The van der Waals surface area contributed by atoms with Crippen molar-refractivity contribution in [3.63, 3.8) is 0 Å². The number of benzene rings is 2. The number of carbonyl (C=O) groups is 2. The summed E-state index contributed by atoms with van der Waals surface area (Å²) in [7, 11) is 0. The van der Waals surface area contributed by atoms with E-state index < -0.39 is 41.3 Å². The Balaban J connectivity index is 1.33. The van der Waals surface area contributed by atoms with Crippen LogP contribution >= 0.6 is 0 Å². The summed E-state index contributed by atoms with van der Waals surface area (Å²) in [5, 5.41) is 2.31. The third-order valence-electron chi connectivity index (χ3n) is 6.30. The van der Waals surface area contributed by atoms with E-state index in [0.717, 1.165) is 6.07 Å². The zero-order valence-corrected chi connectivity index (χ0v) is 18.3. The molecule has 6 nitrogen and oxygen atoms in total. The van der Waals surface area contributed by atoms with Gasteiger partial charge in [0.25, 0.3) is 0 Å². The number of alkyl halides is 3. The Morgan fingerprint density at radius 3 is 2.29 bits per heavy atom. The Kier molecular flexibility index (Phi) is 6.67. The van der Waals surface area contributed by atoms with E-state index in [2.05, 4.69) is 5.32 Å². The van der Waals surface area contributed by atoms with Crippen LogP contribution in [0.25, 0.3) is 0 Å². The van der Waals surface area contributed by atoms with Crippen molar-refractivity contribution in [3.8, 4) is 0 Å². The zero-order valence-electron chi connectivity index (χ0n) is 18.3. The number of anilines is 1. The summed E-state index contributed by atoms with van der Waals surface area (Å²) in [5.41, 5.74) is 4.49. The van der Waals surface area contributed by atoms with E-state index in [-0.39, 0.29) is 55.2 Å². The molecule has 2 fully saturated rings. The molecule has 3 N–H and O–H groups in total. The molecular weight excluding hydrogens is 478 g/mol. The molecule has 12 heteroatoms. The molecule has 2 aromatic rings. The highest BCUT2D eigenvalue weighted by molar-refractivity contribution is 5.91. The van der Waals surface area contributed by atoms with E-state index in [4.69, 9.17) is 5.73 Å². The van der Waals surface area contributed by atoms with Crippen LogP contribution in [-0.2, 0) is 17.4 Å². The van der Waals surface area contributed by atoms with Crippen molar-refractivity contribution in [1.82, 2.24) is 9.80 Å². The number of nitrogens with zero attached hydrogens (tertiary/aromatic N) is 2. The number of piperazine rings is 1. The van der Waals surface area contributed by atoms with E-state index in [1.54, 1.807) is 4.90 Å². The van der Waals surface area contributed by atoms with Gasteiger partial charge in [-0.3, -0.25) is 4.79 Å². The molecule has 2 saturated heterocycles. The number of nitrogens with two attached hydrogens (primary N) is 1. The van der Waals surface area contributed by atoms with E-state index in [0.29, 0.717) is 18.6 Å². The lowest BCUT2D eigenvalue weighted by Crippen LogP contribution is -2.52. The van der Waals surface area contributed by atoms with Gasteiger partial charge >= 0.3 is 12.2 Å². The summed E-state index contributed by atoms with van der Waals surface area (Å²) < 4.78 is 79.9. The first kappa shape index (κ1) is 24.8. The largest absolute Gasteiger partial charge is 0.418 e. The van der Waals surface area contributed by atoms with E-state index in [9.17, 15) is 35.9 Å². The lowest BCUT2D eigenvalue weighted by Gasteiger charge is -2.35. The SMILES string of the molecule is N[C@@H](CC(=O)N1C[C@@H]2C[C@H]1CN2C(=O)Nc1ccccc1C(F)(F)F)Cc1cc(F)c(F)cc1F. The van der Waals surface area contributed by atoms with Gasteiger partial charge in [0, 0.05) is 31.6 Å². The lowest BCUT2D eigenvalue weighted by atomic mass is 10.0. The number of carbonyl (C=O) groups excluding carboxylic acids is 2. The van der Waals surface area contributed by atoms with Gasteiger partial charge in [-0.2, -0.15) is 13.2 Å². The van der Waals surface area contributed by atoms with E-state index >= 15 is 0 Å². The van der Waals surface area contributed by atoms with Crippen LogP contribution in [0.15, 0.2) is 36.4 Å². The second kappa shape index (κ2) is 9.40. The highest BCUT2D eigenvalue weighted by atomic mass is 19.4. The van der Waals surface area contributed by atoms with Gasteiger partial charge in [0.1, 0.15) is 5.82 Å². The molecule has 0 aromatic heterocycles. The van der Waals surface area contributed by atoms with Crippen molar-refractivity contribution < 1.29 is 35.9 Å². The van der Waals surface area contributed by atoms with Crippen LogP contribution in [0.4, 0.5) is 36.8 Å². The Bertz CT molecular complexity index is 1140. The first-order valence-electron chi connectivity index (χ1n) is 10.9. The summed E-state index contributed by atoms with van der Waals surface area (Å²) >= 11 is 0. The minimum atomic E-state index is -4.63. The molecule has 2 heterocycles. The normalized spacial score (nSPS) is 20.3. The second-order valence-corrected chi connectivity index (χ2v) is 8.74. The minimum absolute atomic E-state index is 0.142. The molecule has 188 valence electrons. The number of para-hydroxylation sites is 1. The molecule has 3 amide bonds. The first-order valence-corrected chi connectivity index (χ1v) is 10.9. The standard InChI is InChI=1S/C23H22F6N4O2/c24-17-9-19(26)18(25)6-12(17)5-13(30)7-21(34)32-10-15-8-14(32)11-33(15)22(35)31-20-4-2-1-3-16(20)23(27,28)29/h1-4,6,9,13-15H,5,7-8,10-11,30H2,(H,31,35)/t13-,14+,15+/m1/s1. The van der Waals surface area contributed by atoms with Crippen LogP contribution < -0.4 is 11.1 Å². The third kappa shape index (κ3) is 5.21. The number of hydrogen-bond acceptors (Lipinski definition) is 3. The van der Waals surface area contributed by atoms with Gasteiger partial charge in [-0.05, 0) is 36.6 Å². The van der Waals surface area contributed by atoms with Gasteiger partial charge in [-0.15, -0.1) is 0 Å². The highest BCUT2D eigenvalue weighted by Crippen LogP contribution is 2.36. The minimum Gasteiger partial charge on any atom is -0.336 e. The van der Waals surface area contributed by atoms with Crippen molar-refractivity contribution in [2.24, 2.45) is 5.73 Å². The Hall–Kier alpha value is -3.28. The summed E-state index contributed by atoms with van der Waals surface area (Å²) in [5.74, 6) is -3.83. The van der Waals surface area contributed by atoms with Gasteiger partial charge < -0.3 is 20.9 Å². The molecule has 0 radical (unpaired) electrons. The van der Waals surface area contributed by atoms with Crippen molar-refractivity contribution in [1.29, 1.82) is 0 Å². The molecule has 0 unspecified atom stereocenters. The highest BCUT2D eigenvalue weighted by Gasteiger charge is 2.47. The monoisotopic (exact) mass is 500 g/mol. The number of halogens is 6. The number of rotatable bonds is 5. The number of amides is 3. The quantitative estimate of drug-likeness (QED) is 0.483. The molecule has 2 aromatic carbocycles. The fourth-order valence-corrected chi connectivity index (χ4v) is 4.66. The summed E-state index contributed by atoms with van der Waals surface area (Å²) in [6.07, 6.45) is -4.51. The fraction of sp³-hybridized carbons (Fsp3) is 0.391. The molecule has 0 spiro atoms. The van der Waals surface area contributed by atoms with Crippen molar-refractivity contribution in [2.75, 3.05) is 18.4 Å². The van der Waals surface area contributed by atoms with Crippen molar-refractivity contribution in [3.05, 3.63) is 65.0 Å². The van der Waals surface area contributed by atoms with E-state index in [1.807, 2.05) is 0 Å². The molecule has 35 heavy (non-hydrogen) atoms. The molecule has 2 bridgehead atoms. The average molecular weight is 500 g/mol. The first-order chi connectivity index (χ1) is 16.4. The van der Waals surface area contributed by atoms with Crippen LogP contribution in [-0.4, -0.2) is 53.0 Å². The number of nitrogens with one attached hydrogen (secondary N) is 1. The van der Waals surface area contributed by atoms with E-state index in [1.165, 1.54) is 23.1 Å². The van der Waals surface area contributed by atoms with Crippen LogP contribution in [0.2, 0.25) is 0 Å². The molecule has 4 rings (SSSR count). The Labute approximate surface area is 196 Å². The smallest absolute Gasteiger partial charge is 0.336 e. The zero-order chi connectivity index (χ0) is 25.5. The topological polar surface area (TPSA) is 78.7 Å². The predicted octanol–water partition coefficient (Wildman–Crippen LogP) is 3.90. The predicted molar refractivity (Wildman–Crippen MR) is 114 cm³/mol. The number of likely N-dealkylation sites (tertiary alicyclic amines) is 2. The maximum atomic E-state index is 13.9. The summed E-state index contributed by atoms with van der Waals surface area (Å²) in [6.45, 7) is 0.327. The van der Waals surface area contributed by atoms with Crippen LogP contribution in [0.5, 0.6) is 0 Å². The van der Waals surface area contributed by atoms with Crippen molar-refractivity contribution in [2.45, 2.75) is 43.6 Å². The summed E-state index contributed by atoms with van der Waals surface area (Å²) in [4.78, 5) is 28.3. The van der Waals surface area contributed by atoms with Crippen molar-refractivity contribution >= 4 is 17.6 Å². The van der Waals surface area contributed by atoms with Gasteiger partial charge in [-0.25, -0.2) is 18.0 Å². The number of hydrogen-bond donors (Lipinski definition) is 2. The fourth-order valence-electron chi connectivity index (χ4n) is 4.66. The van der Waals surface area contributed by atoms with Gasteiger partial charge in [0.2, 0.25) is 5.91 Å². The lowest BCUT2D eigenvalue weighted by molar-refractivity contribution is -0.137. The summed E-state index contributed by atoms with van der Waals surface area (Å²) in [6, 6.07) is 3.55. The van der Waals surface area contributed by atoms with Crippen LogP contribution in [0.3, 0.4) is 0 Å². The molecule has 3 atom stereocenters. The molecule has 2 aliphatic rings. The number of urea groups is 1. The molecule has 0 saturated carbocycles. The number of fused-ring (bicyclic) bond motifs is 2. The molecule has 0 aliphatic carbocycles. The van der Waals surface area contributed by atoms with Gasteiger partial charge in [0.15, 0.2) is 11.6 Å². The Morgan fingerprint density at radius 1 is 1.00 bits per heavy atom. The van der Waals surface area contributed by atoms with Gasteiger partial charge in [-0.1, -0.05) is 12.1 Å². The molecule has 2 aliphatic heterocycles. The maximum absolute atomic E-state index is 13.9. The second-order valence-electron chi connectivity index (χ2n) is 8.74. The Morgan fingerprint density at radius 2 is 1.63 bits per heavy atom. The maximum Gasteiger partial charge on any atom is 0.418 e. The third-order valence-corrected chi connectivity index (χ3v) is 6.30. The van der Waals surface area contributed by atoms with Crippen LogP contribution in [0, 0.1) is 17.5 Å². The average Bonchev–Trinajstić information content (AvgIpc) is 3.38.